The van der Waals surface area contributed by atoms with Crippen molar-refractivity contribution < 1.29 is 0 Å². The summed E-state index contributed by atoms with van der Waals surface area (Å²) in [6.45, 7) is 6.48. The van der Waals surface area contributed by atoms with Crippen LogP contribution in [0, 0.1) is 5.92 Å². The third kappa shape index (κ3) is 2.76. The van der Waals surface area contributed by atoms with E-state index in [1.54, 1.807) is 0 Å². The average molecular weight is 288 g/mol. The Hall–Kier alpha value is -0.900. The summed E-state index contributed by atoms with van der Waals surface area (Å²) in [5.74, 6) is 0.899. The molecule has 1 atom stereocenters. The van der Waals surface area contributed by atoms with E-state index in [0.29, 0.717) is 18.6 Å². The highest BCUT2D eigenvalue weighted by Crippen LogP contribution is 2.37. The standard InChI is InChI=1S/C17H24N2S/c1-12(2)19(10-13-7-8-13)16(9-18)15-11-20-17-6-4-3-5-14(15)17/h3-6,11-13,16H,7-10,18H2,1-2H3. The first-order chi connectivity index (χ1) is 9.70. The molecule has 1 heterocycles. The zero-order valence-corrected chi connectivity index (χ0v) is 13.2. The monoisotopic (exact) mass is 288 g/mol. The maximum atomic E-state index is 6.15. The number of nitrogens with two attached hydrogens (primary N) is 1. The molecule has 0 saturated heterocycles. The third-order valence-corrected chi connectivity index (χ3v) is 5.30. The van der Waals surface area contributed by atoms with Gasteiger partial charge in [-0.2, -0.15) is 0 Å². The van der Waals surface area contributed by atoms with Crippen molar-refractivity contribution in [3.05, 3.63) is 35.2 Å². The second kappa shape index (κ2) is 5.84. The molecule has 2 aromatic rings. The molecular formula is C17H24N2S. The molecule has 0 bridgehead atoms. The lowest BCUT2D eigenvalue weighted by atomic mass is 10.0. The van der Waals surface area contributed by atoms with Gasteiger partial charge in [0.1, 0.15) is 0 Å². The van der Waals surface area contributed by atoms with E-state index in [1.807, 2.05) is 11.3 Å². The molecule has 20 heavy (non-hydrogen) atoms. The van der Waals surface area contributed by atoms with Crippen LogP contribution in [0.2, 0.25) is 0 Å². The fourth-order valence-corrected chi connectivity index (χ4v) is 4.00. The highest BCUT2D eigenvalue weighted by molar-refractivity contribution is 7.17. The third-order valence-electron chi connectivity index (χ3n) is 4.32. The van der Waals surface area contributed by atoms with Gasteiger partial charge in [0.25, 0.3) is 0 Å². The summed E-state index contributed by atoms with van der Waals surface area (Å²) in [5.41, 5.74) is 7.57. The zero-order valence-electron chi connectivity index (χ0n) is 12.4. The van der Waals surface area contributed by atoms with Gasteiger partial charge in [0.15, 0.2) is 0 Å². The Morgan fingerprint density at radius 2 is 2.05 bits per heavy atom. The molecule has 2 N–H and O–H groups in total. The second-order valence-electron chi connectivity index (χ2n) is 6.17. The smallest absolute Gasteiger partial charge is 0.0487 e. The largest absolute Gasteiger partial charge is 0.329 e. The van der Waals surface area contributed by atoms with Gasteiger partial charge < -0.3 is 5.73 Å². The average Bonchev–Trinajstić information content (AvgIpc) is 3.17. The van der Waals surface area contributed by atoms with E-state index in [9.17, 15) is 0 Å². The number of fused-ring (bicyclic) bond motifs is 1. The molecule has 0 amide bonds. The molecule has 1 saturated carbocycles. The number of benzene rings is 1. The van der Waals surface area contributed by atoms with E-state index in [2.05, 4.69) is 48.4 Å². The van der Waals surface area contributed by atoms with Crippen molar-refractivity contribution in [2.75, 3.05) is 13.1 Å². The molecule has 0 spiro atoms. The van der Waals surface area contributed by atoms with Crippen LogP contribution in [0.3, 0.4) is 0 Å². The van der Waals surface area contributed by atoms with Crippen LogP contribution in [0.15, 0.2) is 29.6 Å². The number of hydrogen-bond acceptors (Lipinski definition) is 3. The summed E-state index contributed by atoms with van der Waals surface area (Å²) in [6, 6.07) is 9.59. The predicted octanol–water partition coefficient (Wildman–Crippen LogP) is 4.02. The number of rotatable bonds is 6. The molecular weight excluding hydrogens is 264 g/mol. The maximum Gasteiger partial charge on any atom is 0.0487 e. The Morgan fingerprint density at radius 3 is 2.70 bits per heavy atom. The topological polar surface area (TPSA) is 29.3 Å². The normalized spacial score (nSPS) is 17.2. The first kappa shape index (κ1) is 14.1. The molecule has 2 nitrogen and oxygen atoms in total. The lowest BCUT2D eigenvalue weighted by Gasteiger charge is -2.34. The molecule has 108 valence electrons. The van der Waals surface area contributed by atoms with Crippen LogP contribution in [-0.2, 0) is 0 Å². The Morgan fingerprint density at radius 1 is 1.30 bits per heavy atom. The number of nitrogens with zero attached hydrogens (tertiary/aromatic N) is 1. The molecule has 3 heteroatoms. The molecule has 1 aromatic carbocycles. The molecule has 3 rings (SSSR count). The van der Waals surface area contributed by atoms with Gasteiger partial charge in [0, 0.05) is 29.9 Å². The summed E-state index contributed by atoms with van der Waals surface area (Å²) in [7, 11) is 0. The molecule has 0 radical (unpaired) electrons. The van der Waals surface area contributed by atoms with Crippen molar-refractivity contribution >= 4 is 21.4 Å². The molecule has 1 fully saturated rings. The first-order valence-electron chi connectivity index (χ1n) is 7.62. The molecule has 1 aliphatic rings. The fraction of sp³-hybridized carbons (Fsp3) is 0.529. The summed E-state index contributed by atoms with van der Waals surface area (Å²) in [4.78, 5) is 2.60. The number of hydrogen-bond donors (Lipinski definition) is 1. The van der Waals surface area contributed by atoms with Crippen molar-refractivity contribution in [2.24, 2.45) is 11.7 Å². The summed E-state index contributed by atoms with van der Waals surface area (Å²) >= 11 is 1.84. The van der Waals surface area contributed by atoms with Crippen molar-refractivity contribution in [3.63, 3.8) is 0 Å². The van der Waals surface area contributed by atoms with E-state index in [1.165, 1.54) is 35.0 Å². The van der Waals surface area contributed by atoms with Gasteiger partial charge in [-0.05, 0) is 55.0 Å². The van der Waals surface area contributed by atoms with E-state index in [4.69, 9.17) is 5.73 Å². The van der Waals surface area contributed by atoms with Gasteiger partial charge >= 0.3 is 0 Å². The van der Waals surface area contributed by atoms with Gasteiger partial charge in [-0.1, -0.05) is 18.2 Å². The van der Waals surface area contributed by atoms with Crippen LogP contribution in [0.4, 0.5) is 0 Å². The maximum absolute atomic E-state index is 6.15. The Kier molecular flexibility index (Phi) is 4.11. The summed E-state index contributed by atoms with van der Waals surface area (Å²) in [6.07, 6.45) is 2.79. The van der Waals surface area contributed by atoms with Crippen molar-refractivity contribution in [2.45, 2.75) is 38.8 Å². The lowest BCUT2D eigenvalue weighted by molar-refractivity contribution is 0.151. The predicted molar refractivity (Wildman–Crippen MR) is 88.2 cm³/mol. The van der Waals surface area contributed by atoms with E-state index >= 15 is 0 Å². The van der Waals surface area contributed by atoms with Gasteiger partial charge in [0.05, 0.1) is 0 Å². The fourth-order valence-electron chi connectivity index (χ4n) is 2.99. The molecule has 1 aromatic heterocycles. The summed E-state index contributed by atoms with van der Waals surface area (Å²) < 4.78 is 1.37. The SMILES string of the molecule is CC(C)N(CC1CC1)C(CN)c1csc2ccccc12. The van der Waals surface area contributed by atoms with Crippen LogP contribution in [0.25, 0.3) is 10.1 Å². The molecule has 1 aliphatic carbocycles. The van der Waals surface area contributed by atoms with Gasteiger partial charge in [-0.25, -0.2) is 0 Å². The second-order valence-corrected chi connectivity index (χ2v) is 7.08. The van der Waals surface area contributed by atoms with Gasteiger partial charge in [0.2, 0.25) is 0 Å². The van der Waals surface area contributed by atoms with Gasteiger partial charge in [-0.15, -0.1) is 11.3 Å². The van der Waals surface area contributed by atoms with E-state index < -0.39 is 0 Å². The van der Waals surface area contributed by atoms with Crippen molar-refractivity contribution in [1.29, 1.82) is 0 Å². The quantitative estimate of drug-likeness (QED) is 0.870. The zero-order chi connectivity index (χ0) is 14.1. The van der Waals surface area contributed by atoms with Crippen molar-refractivity contribution in [1.82, 2.24) is 4.90 Å². The van der Waals surface area contributed by atoms with Crippen LogP contribution in [0.5, 0.6) is 0 Å². The minimum Gasteiger partial charge on any atom is -0.329 e. The highest BCUT2D eigenvalue weighted by Gasteiger charge is 2.30. The molecule has 0 aliphatic heterocycles. The minimum atomic E-state index is 0.353. The van der Waals surface area contributed by atoms with Gasteiger partial charge in [-0.3, -0.25) is 4.90 Å². The first-order valence-corrected chi connectivity index (χ1v) is 8.50. The van der Waals surface area contributed by atoms with Crippen LogP contribution >= 0.6 is 11.3 Å². The minimum absolute atomic E-state index is 0.353. The lowest BCUT2D eigenvalue weighted by Crippen LogP contribution is -2.39. The summed E-state index contributed by atoms with van der Waals surface area (Å²) in [5, 5.41) is 3.69. The number of thiophene rings is 1. The Balaban J connectivity index is 1.94. The van der Waals surface area contributed by atoms with Crippen LogP contribution < -0.4 is 5.73 Å². The molecule has 1 unspecified atom stereocenters. The Bertz CT molecular complexity index is 571. The van der Waals surface area contributed by atoms with Crippen LogP contribution in [-0.4, -0.2) is 24.0 Å². The Labute approximate surface area is 125 Å². The van der Waals surface area contributed by atoms with Crippen LogP contribution in [0.1, 0.15) is 38.3 Å². The highest BCUT2D eigenvalue weighted by atomic mass is 32.1. The van der Waals surface area contributed by atoms with E-state index in [0.717, 1.165) is 5.92 Å². The van der Waals surface area contributed by atoms with E-state index in [-0.39, 0.29) is 0 Å². The van der Waals surface area contributed by atoms with Crippen molar-refractivity contribution in [3.8, 4) is 0 Å².